The third-order valence-electron chi connectivity index (χ3n) is 8.05. The first-order chi connectivity index (χ1) is 19.3. The summed E-state index contributed by atoms with van der Waals surface area (Å²) in [5, 5.41) is 9.81. The summed E-state index contributed by atoms with van der Waals surface area (Å²) >= 11 is 0. The maximum Gasteiger partial charge on any atom is 0.336 e. The Kier molecular flexibility index (Phi) is 9.56. The molecule has 0 radical (unpaired) electrons. The molecule has 1 heterocycles. The summed E-state index contributed by atoms with van der Waals surface area (Å²) in [5.41, 5.74) is 4.75. The van der Waals surface area contributed by atoms with Crippen molar-refractivity contribution in [1.82, 2.24) is 14.7 Å². The summed E-state index contributed by atoms with van der Waals surface area (Å²) in [4.78, 5) is 31.8. The number of hydrogen-bond donors (Lipinski definition) is 1. The molecule has 3 aromatic rings. The zero-order chi connectivity index (χ0) is 28.8. The summed E-state index contributed by atoms with van der Waals surface area (Å²) in [7, 11) is 0. The molecule has 6 nitrogen and oxygen atoms in total. The second-order valence-electron chi connectivity index (χ2n) is 10.6. The van der Waals surface area contributed by atoms with Crippen molar-refractivity contribution in [2.24, 2.45) is 0 Å². The maximum absolute atomic E-state index is 13.0. The van der Waals surface area contributed by atoms with E-state index in [1.807, 2.05) is 61.2 Å². The van der Waals surface area contributed by atoms with Gasteiger partial charge in [0.1, 0.15) is 0 Å². The zero-order valence-corrected chi connectivity index (χ0v) is 24.1. The summed E-state index contributed by atoms with van der Waals surface area (Å²) in [6.07, 6.45) is 1.96. The number of rotatable bonds is 10. The Morgan fingerprint density at radius 3 is 2.30 bits per heavy atom. The van der Waals surface area contributed by atoms with E-state index in [1.165, 1.54) is 0 Å². The fraction of sp³-hybridized carbons (Fsp3) is 0.353. The van der Waals surface area contributed by atoms with Gasteiger partial charge in [-0.1, -0.05) is 54.6 Å². The van der Waals surface area contributed by atoms with E-state index in [-0.39, 0.29) is 23.6 Å². The normalized spacial score (nSPS) is 18.7. The van der Waals surface area contributed by atoms with Crippen LogP contribution < -0.4 is 0 Å². The molecule has 1 fully saturated rings. The number of carbonyl (C=O) groups excluding carboxylic acids is 1. The highest BCUT2D eigenvalue weighted by molar-refractivity contribution is 5.96. The van der Waals surface area contributed by atoms with Gasteiger partial charge < -0.3 is 10.0 Å². The minimum atomic E-state index is -0.938. The lowest BCUT2D eigenvalue weighted by Crippen LogP contribution is -2.57. The highest BCUT2D eigenvalue weighted by Gasteiger charge is 2.34. The number of benzene rings is 3. The van der Waals surface area contributed by atoms with E-state index in [0.29, 0.717) is 30.3 Å². The molecule has 6 heteroatoms. The Bertz CT molecular complexity index is 1330. The third kappa shape index (κ3) is 6.19. The van der Waals surface area contributed by atoms with Crippen LogP contribution in [-0.2, 0) is 0 Å². The van der Waals surface area contributed by atoms with Crippen LogP contribution in [0.4, 0.5) is 0 Å². The number of nitrogens with zero attached hydrogens (tertiary/aromatic N) is 3. The van der Waals surface area contributed by atoms with Crippen LogP contribution in [-0.4, -0.2) is 76.5 Å². The summed E-state index contributed by atoms with van der Waals surface area (Å²) < 4.78 is 0. The Morgan fingerprint density at radius 2 is 1.65 bits per heavy atom. The molecule has 1 aliphatic heterocycles. The molecule has 210 valence electrons. The first-order valence-corrected chi connectivity index (χ1v) is 14.2. The van der Waals surface area contributed by atoms with E-state index in [0.717, 1.165) is 36.3 Å². The van der Waals surface area contributed by atoms with Crippen LogP contribution in [0.5, 0.6) is 0 Å². The summed E-state index contributed by atoms with van der Waals surface area (Å²) in [6.45, 7) is 16.4. The van der Waals surface area contributed by atoms with Gasteiger partial charge in [0.25, 0.3) is 5.91 Å². The third-order valence-corrected chi connectivity index (χ3v) is 8.05. The molecule has 3 atom stereocenters. The first kappa shape index (κ1) is 29.2. The van der Waals surface area contributed by atoms with Gasteiger partial charge in [-0.3, -0.25) is 14.6 Å². The van der Waals surface area contributed by atoms with Gasteiger partial charge in [0.05, 0.1) is 11.6 Å². The monoisotopic (exact) mass is 539 g/mol. The van der Waals surface area contributed by atoms with Gasteiger partial charge in [0.15, 0.2) is 0 Å². The Morgan fingerprint density at radius 1 is 0.950 bits per heavy atom. The van der Waals surface area contributed by atoms with Crippen molar-refractivity contribution in [1.29, 1.82) is 0 Å². The Hall–Kier alpha value is -3.74. The van der Waals surface area contributed by atoms with Gasteiger partial charge in [-0.25, -0.2) is 4.79 Å². The predicted molar refractivity (Wildman–Crippen MR) is 162 cm³/mol. The fourth-order valence-electron chi connectivity index (χ4n) is 5.88. The van der Waals surface area contributed by atoms with Crippen molar-refractivity contribution in [2.75, 3.05) is 32.7 Å². The molecule has 3 aromatic carbocycles. The quantitative estimate of drug-likeness (QED) is 0.311. The molecule has 0 aliphatic carbocycles. The summed E-state index contributed by atoms with van der Waals surface area (Å²) in [6, 6.07) is 24.0. The van der Waals surface area contributed by atoms with Gasteiger partial charge in [-0.15, -0.1) is 6.58 Å². The van der Waals surface area contributed by atoms with E-state index < -0.39 is 5.97 Å². The zero-order valence-electron chi connectivity index (χ0n) is 24.1. The number of aromatic carboxylic acids is 1. The average molecular weight is 540 g/mol. The lowest BCUT2D eigenvalue weighted by Gasteiger charge is -2.47. The van der Waals surface area contributed by atoms with Crippen LogP contribution >= 0.6 is 0 Å². The molecule has 1 aliphatic rings. The lowest BCUT2D eigenvalue weighted by molar-refractivity contribution is 0.0307. The largest absolute Gasteiger partial charge is 0.478 e. The van der Waals surface area contributed by atoms with Crippen LogP contribution in [0.2, 0.25) is 0 Å². The van der Waals surface area contributed by atoms with E-state index in [4.69, 9.17) is 0 Å². The highest BCUT2D eigenvalue weighted by Crippen LogP contribution is 2.36. The minimum Gasteiger partial charge on any atom is -0.478 e. The van der Waals surface area contributed by atoms with Crippen molar-refractivity contribution < 1.29 is 14.7 Å². The summed E-state index contributed by atoms with van der Waals surface area (Å²) in [5.74, 6) is -0.896. The average Bonchev–Trinajstić information content (AvgIpc) is 2.97. The number of amides is 1. The molecule has 3 unspecified atom stereocenters. The van der Waals surface area contributed by atoms with Crippen molar-refractivity contribution in [3.63, 3.8) is 0 Å². The number of hydrogen-bond acceptors (Lipinski definition) is 4. The number of carboxylic acids is 1. The van der Waals surface area contributed by atoms with Gasteiger partial charge in [0.2, 0.25) is 0 Å². The van der Waals surface area contributed by atoms with Crippen LogP contribution in [0.15, 0.2) is 85.5 Å². The topological polar surface area (TPSA) is 64.1 Å². The molecule has 0 aromatic heterocycles. The highest BCUT2D eigenvalue weighted by atomic mass is 16.4. The molecular formula is C34H41N3O3. The van der Waals surface area contributed by atoms with Crippen LogP contribution in [0.3, 0.4) is 0 Å². The van der Waals surface area contributed by atoms with Crippen molar-refractivity contribution >= 4 is 11.9 Å². The molecule has 0 saturated carbocycles. The second kappa shape index (κ2) is 13.1. The first-order valence-electron chi connectivity index (χ1n) is 14.2. The molecule has 1 saturated heterocycles. The SMILES string of the molecule is C=CCN1CC(C)N(C(c2ccc(C(=O)N(CC)CC)cc2)c2cccc(-c3ccccc3C(=O)O)c2)CC1C. The molecule has 0 spiro atoms. The predicted octanol–water partition coefficient (Wildman–Crippen LogP) is 6.20. The standard InChI is InChI=1S/C34H41N3O3/c1-6-20-36-22-25(5)37(23-24(36)4)32(26-16-18-27(19-17-26)33(38)35(7-2)8-3)29-13-11-12-28(21-29)30-14-9-10-15-31(30)34(39)40/h6,9-19,21,24-25,32H,1,7-8,20,22-23H2,2-5H3,(H,39,40). The molecule has 1 N–H and O–H groups in total. The lowest BCUT2D eigenvalue weighted by atomic mass is 9.90. The molecule has 40 heavy (non-hydrogen) atoms. The second-order valence-corrected chi connectivity index (χ2v) is 10.6. The molecule has 0 bridgehead atoms. The number of piperazine rings is 1. The van der Waals surface area contributed by atoms with Crippen molar-refractivity contribution in [3.8, 4) is 11.1 Å². The fourth-order valence-corrected chi connectivity index (χ4v) is 5.88. The van der Waals surface area contributed by atoms with E-state index in [2.05, 4.69) is 54.5 Å². The van der Waals surface area contributed by atoms with Gasteiger partial charge >= 0.3 is 5.97 Å². The van der Waals surface area contributed by atoms with Crippen molar-refractivity contribution in [2.45, 2.75) is 45.8 Å². The van der Waals surface area contributed by atoms with Gasteiger partial charge in [-0.2, -0.15) is 0 Å². The van der Waals surface area contributed by atoms with E-state index in [9.17, 15) is 14.7 Å². The van der Waals surface area contributed by atoms with Crippen molar-refractivity contribution in [3.05, 3.63) is 108 Å². The number of carboxylic acid groups (broad SMARTS) is 1. The smallest absolute Gasteiger partial charge is 0.336 e. The van der Waals surface area contributed by atoms with Crippen LogP contribution in [0.25, 0.3) is 11.1 Å². The molecule has 4 rings (SSSR count). The van der Waals surface area contributed by atoms with Gasteiger partial charge in [-0.05, 0) is 74.2 Å². The van der Waals surface area contributed by atoms with Crippen LogP contribution in [0, 0.1) is 0 Å². The maximum atomic E-state index is 13.0. The molecule has 1 amide bonds. The minimum absolute atomic E-state index is 0.0420. The molecular weight excluding hydrogens is 498 g/mol. The van der Waals surface area contributed by atoms with Gasteiger partial charge in [0, 0.05) is 50.4 Å². The number of carbonyl (C=O) groups is 2. The van der Waals surface area contributed by atoms with E-state index >= 15 is 0 Å². The van der Waals surface area contributed by atoms with Crippen LogP contribution in [0.1, 0.15) is 65.6 Å². The van der Waals surface area contributed by atoms with E-state index in [1.54, 1.807) is 12.1 Å². The Balaban J connectivity index is 1.78. The Labute approximate surface area is 238 Å².